The summed E-state index contributed by atoms with van der Waals surface area (Å²) in [6.07, 6.45) is 2.38. The quantitative estimate of drug-likeness (QED) is 0.870. The van der Waals surface area contributed by atoms with Crippen LogP contribution in [0, 0.1) is 0 Å². The minimum atomic E-state index is -0.735. The molecule has 1 fully saturated rings. The molecule has 1 aliphatic rings. The minimum absolute atomic E-state index is 0.200. The molecule has 0 radical (unpaired) electrons. The van der Waals surface area contributed by atoms with Crippen LogP contribution < -0.4 is 4.74 Å². The number of carboxylic acids is 1. The van der Waals surface area contributed by atoms with Crippen LogP contribution in [0.15, 0.2) is 24.3 Å². The fraction of sp³-hybridized carbons (Fsp3) is 0.500. The SMILES string of the molecule is COc1ccccc1[C@@H]1CCCN1CCC(=O)O. The number of carbonyl (C=O) groups is 1. The molecule has 0 spiro atoms. The number of methoxy groups -OCH3 is 1. The lowest BCUT2D eigenvalue weighted by Gasteiger charge is -2.25. The zero-order valence-corrected chi connectivity index (χ0v) is 10.6. The molecule has 4 heteroatoms. The van der Waals surface area contributed by atoms with Crippen molar-refractivity contribution in [1.29, 1.82) is 0 Å². The molecule has 0 unspecified atom stereocenters. The van der Waals surface area contributed by atoms with Crippen LogP contribution in [0.25, 0.3) is 0 Å². The fourth-order valence-corrected chi connectivity index (χ4v) is 2.63. The van der Waals surface area contributed by atoms with Gasteiger partial charge in [-0.3, -0.25) is 9.69 Å². The van der Waals surface area contributed by atoms with E-state index >= 15 is 0 Å². The number of rotatable bonds is 5. The number of nitrogens with zero attached hydrogens (tertiary/aromatic N) is 1. The highest BCUT2D eigenvalue weighted by Crippen LogP contribution is 2.36. The van der Waals surface area contributed by atoms with E-state index in [9.17, 15) is 4.79 Å². The van der Waals surface area contributed by atoms with Crippen molar-refractivity contribution in [2.75, 3.05) is 20.2 Å². The first-order valence-electron chi connectivity index (χ1n) is 6.31. The summed E-state index contributed by atoms with van der Waals surface area (Å²) in [7, 11) is 1.68. The van der Waals surface area contributed by atoms with E-state index in [1.54, 1.807) is 7.11 Å². The maximum atomic E-state index is 10.7. The number of aliphatic carboxylic acids is 1. The maximum Gasteiger partial charge on any atom is 0.304 e. The Morgan fingerprint density at radius 3 is 3.00 bits per heavy atom. The minimum Gasteiger partial charge on any atom is -0.496 e. The number of ether oxygens (including phenoxy) is 1. The summed E-state index contributed by atoms with van der Waals surface area (Å²) < 4.78 is 5.39. The van der Waals surface area contributed by atoms with Crippen LogP contribution in [0.4, 0.5) is 0 Å². The number of para-hydroxylation sites is 1. The van der Waals surface area contributed by atoms with Crippen molar-refractivity contribution in [2.24, 2.45) is 0 Å². The summed E-state index contributed by atoms with van der Waals surface area (Å²) in [5.74, 6) is 0.158. The molecule has 0 aliphatic carbocycles. The van der Waals surface area contributed by atoms with Gasteiger partial charge in [-0.1, -0.05) is 18.2 Å². The molecular formula is C14H19NO3. The highest BCUT2D eigenvalue weighted by molar-refractivity contribution is 5.66. The normalized spacial score (nSPS) is 19.9. The van der Waals surface area contributed by atoms with E-state index in [0.717, 1.165) is 25.1 Å². The Kier molecular flexibility index (Phi) is 4.20. The van der Waals surface area contributed by atoms with Gasteiger partial charge in [0.1, 0.15) is 5.75 Å². The Morgan fingerprint density at radius 1 is 1.50 bits per heavy atom. The van der Waals surface area contributed by atoms with Crippen molar-refractivity contribution >= 4 is 5.97 Å². The molecule has 18 heavy (non-hydrogen) atoms. The molecular weight excluding hydrogens is 230 g/mol. The average molecular weight is 249 g/mol. The third-order valence-corrected chi connectivity index (χ3v) is 3.47. The van der Waals surface area contributed by atoms with Crippen molar-refractivity contribution in [1.82, 2.24) is 4.90 Å². The summed E-state index contributed by atoms with van der Waals surface area (Å²) in [6, 6.07) is 8.29. The van der Waals surface area contributed by atoms with Gasteiger partial charge in [0.25, 0.3) is 0 Å². The van der Waals surface area contributed by atoms with Crippen molar-refractivity contribution in [3.63, 3.8) is 0 Å². The van der Waals surface area contributed by atoms with Gasteiger partial charge in [0, 0.05) is 18.2 Å². The van der Waals surface area contributed by atoms with Crippen molar-refractivity contribution < 1.29 is 14.6 Å². The van der Waals surface area contributed by atoms with Gasteiger partial charge in [-0.15, -0.1) is 0 Å². The first kappa shape index (κ1) is 12.9. The summed E-state index contributed by atoms with van der Waals surface area (Å²) in [5.41, 5.74) is 1.17. The molecule has 0 bridgehead atoms. The fourth-order valence-electron chi connectivity index (χ4n) is 2.63. The van der Waals surface area contributed by atoms with Gasteiger partial charge in [0.2, 0.25) is 0 Å². The molecule has 1 aliphatic heterocycles. The van der Waals surface area contributed by atoms with E-state index < -0.39 is 5.97 Å². The highest BCUT2D eigenvalue weighted by atomic mass is 16.5. The second-order valence-electron chi connectivity index (χ2n) is 4.58. The second-order valence-corrected chi connectivity index (χ2v) is 4.58. The zero-order chi connectivity index (χ0) is 13.0. The van der Waals surface area contributed by atoms with Crippen LogP contribution in [0.2, 0.25) is 0 Å². The Balaban J connectivity index is 2.12. The van der Waals surface area contributed by atoms with E-state index in [-0.39, 0.29) is 6.42 Å². The van der Waals surface area contributed by atoms with E-state index in [4.69, 9.17) is 9.84 Å². The highest BCUT2D eigenvalue weighted by Gasteiger charge is 2.28. The Morgan fingerprint density at radius 2 is 2.28 bits per heavy atom. The largest absolute Gasteiger partial charge is 0.496 e. The average Bonchev–Trinajstić information content (AvgIpc) is 2.84. The monoisotopic (exact) mass is 249 g/mol. The molecule has 4 nitrogen and oxygen atoms in total. The molecule has 1 atom stereocenters. The van der Waals surface area contributed by atoms with Crippen LogP contribution in [0.1, 0.15) is 30.9 Å². The molecule has 0 aromatic heterocycles. The Labute approximate surface area is 107 Å². The first-order valence-corrected chi connectivity index (χ1v) is 6.31. The number of likely N-dealkylation sites (tertiary alicyclic amines) is 1. The lowest BCUT2D eigenvalue weighted by atomic mass is 10.0. The Hall–Kier alpha value is -1.55. The Bertz CT molecular complexity index is 419. The predicted octanol–water partition coefficient (Wildman–Crippen LogP) is 2.31. The number of hydrogen-bond acceptors (Lipinski definition) is 3. The van der Waals surface area contributed by atoms with Gasteiger partial charge in [-0.2, -0.15) is 0 Å². The van der Waals surface area contributed by atoms with Gasteiger partial charge < -0.3 is 9.84 Å². The molecule has 0 amide bonds. The van der Waals surface area contributed by atoms with Crippen molar-refractivity contribution in [2.45, 2.75) is 25.3 Å². The molecule has 1 aromatic rings. The third kappa shape index (κ3) is 2.82. The van der Waals surface area contributed by atoms with Crippen LogP contribution in [-0.2, 0) is 4.79 Å². The number of benzene rings is 1. The van der Waals surface area contributed by atoms with Gasteiger partial charge >= 0.3 is 5.97 Å². The summed E-state index contributed by atoms with van der Waals surface area (Å²) in [4.78, 5) is 12.9. The van der Waals surface area contributed by atoms with E-state index in [1.165, 1.54) is 5.56 Å². The first-order chi connectivity index (χ1) is 8.72. The van der Waals surface area contributed by atoms with Crippen molar-refractivity contribution in [3.8, 4) is 5.75 Å². The lowest BCUT2D eigenvalue weighted by Crippen LogP contribution is -2.26. The van der Waals surface area contributed by atoms with Gasteiger partial charge in [0.05, 0.1) is 13.5 Å². The van der Waals surface area contributed by atoms with Crippen LogP contribution in [-0.4, -0.2) is 36.2 Å². The van der Waals surface area contributed by atoms with E-state index in [2.05, 4.69) is 11.0 Å². The maximum absolute atomic E-state index is 10.7. The summed E-state index contributed by atoms with van der Waals surface area (Å²) >= 11 is 0. The predicted molar refractivity (Wildman–Crippen MR) is 68.8 cm³/mol. The van der Waals surface area contributed by atoms with E-state index in [1.807, 2.05) is 18.2 Å². The van der Waals surface area contributed by atoms with Crippen LogP contribution >= 0.6 is 0 Å². The standard InChI is InChI=1S/C14H19NO3/c1-18-13-7-3-2-5-11(13)12-6-4-9-15(12)10-8-14(16)17/h2-3,5,7,12H,4,6,8-10H2,1H3,(H,16,17)/t12-/m0/s1. The topological polar surface area (TPSA) is 49.8 Å². The number of hydrogen-bond donors (Lipinski definition) is 1. The molecule has 0 saturated carbocycles. The molecule has 1 N–H and O–H groups in total. The van der Waals surface area contributed by atoms with Gasteiger partial charge in [0.15, 0.2) is 0 Å². The zero-order valence-electron chi connectivity index (χ0n) is 10.6. The van der Waals surface area contributed by atoms with Crippen molar-refractivity contribution in [3.05, 3.63) is 29.8 Å². The molecule has 1 heterocycles. The van der Waals surface area contributed by atoms with Crippen LogP contribution in [0.5, 0.6) is 5.75 Å². The third-order valence-electron chi connectivity index (χ3n) is 3.47. The summed E-state index contributed by atoms with van der Waals surface area (Å²) in [5, 5.41) is 8.78. The molecule has 1 aromatic carbocycles. The summed E-state index contributed by atoms with van der Waals surface area (Å²) in [6.45, 7) is 1.58. The molecule has 98 valence electrons. The van der Waals surface area contributed by atoms with Gasteiger partial charge in [-0.25, -0.2) is 0 Å². The van der Waals surface area contributed by atoms with Crippen LogP contribution in [0.3, 0.4) is 0 Å². The van der Waals surface area contributed by atoms with Gasteiger partial charge in [-0.05, 0) is 25.5 Å². The molecule has 2 rings (SSSR count). The molecule has 1 saturated heterocycles. The number of carboxylic acid groups (broad SMARTS) is 1. The van der Waals surface area contributed by atoms with E-state index in [0.29, 0.717) is 12.6 Å². The smallest absolute Gasteiger partial charge is 0.304 e. The second kappa shape index (κ2) is 5.87. The lowest BCUT2D eigenvalue weighted by molar-refractivity contribution is -0.137.